The van der Waals surface area contributed by atoms with Crippen LogP contribution in [-0.4, -0.2) is 36.6 Å². The molecule has 9 heteroatoms. The van der Waals surface area contributed by atoms with Crippen molar-refractivity contribution in [3.63, 3.8) is 0 Å². The van der Waals surface area contributed by atoms with Gasteiger partial charge in [-0.3, -0.25) is 14.9 Å². The fourth-order valence-corrected chi connectivity index (χ4v) is 3.70. The fraction of sp³-hybridized carbons (Fsp3) is 0.458. The molecule has 1 aliphatic heterocycles. The minimum atomic E-state index is -0.461. The monoisotopic (exact) mass is 474 g/mol. The largest absolute Gasteiger partial charge is 0.475 e. The number of ether oxygens (including phenoxy) is 2. The van der Waals surface area contributed by atoms with E-state index in [0.717, 1.165) is 23.1 Å². The van der Waals surface area contributed by atoms with E-state index in [4.69, 9.17) is 21.1 Å². The molecule has 1 saturated heterocycles. The summed E-state index contributed by atoms with van der Waals surface area (Å²) in [6.45, 7) is 5.93. The Hall–Kier alpha value is -2.68. The first-order chi connectivity index (χ1) is 16.0. The molecule has 1 aromatic heterocycles. The van der Waals surface area contributed by atoms with Gasteiger partial charge >= 0.3 is 0 Å². The fourth-order valence-electron chi connectivity index (χ4n) is 3.47. The van der Waals surface area contributed by atoms with E-state index in [1.165, 1.54) is 0 Å². The maximum atomic E-state index is 12.5. The second-order valence-electron chi connectivity index (χ2n) is 7.80. The van der Waals surface area contributed by atoms with E-state index in [0.29, 0.717) is 43.7 Å². The molecule has 2 unspecified atom stereocenters. The van der Waals surface area contributed by atoms with E-state index in [9.17, 15) is 9.59 Å². The van der Waals surface area contributed by atoms with Crippen molar-refractivity contribution in [3.05, 3.63) is 58.2 Å². The summed E-state index contributed by atoms with van der Waals surface area (Å²) < 4.78 is 11.0. The van der Waals surface area contributed by atoms with Crippen LogP contribution in [0, 0.1) is 0 Å². The Kier molecular flexibility index (Phi) is 9.47. The van der Waals surface area contributed by atoms with Crippen molar-refractivity contribution in [2.24, 2.45) is 0 Å². The predicted molar refractivity (Wildman–Crippen MR) is 126 cm³/mol. The first kappa shape index (κ1) is 25.0. The third-order valence-electron chi connectivity index (χ3n) is 5.23. The number of nitrogens with zero attached hydrogens (tertiary/aromatic N) is 1. The highest BCUT2D eigenvalue weighted by Gasteiger charge is 2.29. The molecule has 1 aliphatic rings. The SMILES string of the molecule is CCCOCCOc1ccc(C2CC(=O)NC(c3cc(CNC(=O)CC)ccc3Cl)N2)cn1. The lowest BCUT2D eigenvalue weighted by atomic mass is 9.99. The van der Waals surface area contributed by atoms with Crippen LogP contribution in [0.3, 0.4) is 0 Å². The van der Waals surface area contributed by atoms with Crippen LogP contribution < -0.4 is 20.7 Å². The molecular formula is C24H31ClN4O4. The van der Waals surface area contributed by atoms with Gasteiger partial charge in [-0.15, -0.1) is 0 Å². The molecule has 1 fully saturated rings. The number of pyridine rings is 1. The van der Waals surface area contributed by atoms with Crippen LogP contribution in [0.5, 0.6) is 5.88 Å². The number of amides is 2. The topological polar surface area (TPSA) is 102 Å². The standard InChI is InChI=1S/C24H31ClN4O4/c1-3-9-32-10-11-33-23-8-6-17(15-27-23)20-13-22(31)29-24(28-20)18-12-16(5-7-19(18)25)14-26-21(30)4-2/h5-8,12,15,20,24,28H,3-4,9-11,13-14H2,1-2H3,(H,26,30)(H,29,31). The third kappa shape index (κ3) is 7.42. The zero-order chi connectivity index (χ0) is 23.6. The van der Waals surface area contributed by atoms with Crippen LogP contribution in [0.25, 0.3) is 0 Å². The Morgan fingerprint density at radius 1 is 1.21 bits per heavy atom. The first-order valence-electron chi connectivity index (χ1n) is 11.3. The van der Waals surface area contributed by atoms with Crippen molar-refractivity contribution < 1.29 is 19.1 Å². The van der Waals surface area contributed by atoms with Crippen molar-refractivity contribution in [2.45, 2.75) is 51.9 Å². The third-order valence-corrected chi connectivity index (χ3v) is 5.58. The second-order valence-corrected chi connectivity index (χ2v) is 8.21. The summed E-state index contributed by atoms with van der Waals surface area (Å²) in [7, 11) is 0. The Balaban J connectivity index is 1.65. The summed E-state index contributed by atoms with van der Waals surface area (Å²) in [5, 5.41) is 9.78. The minimum absolute atomic E-state index is 0.0240. The van der Waals surface area contributed by atoms with Gasteiger partial charge in [0.15, 0.2) is 0 Å². The van der Waals surface area contributed by atoms with Crippen molar-refractivity contribution in [1.29, 1.82) is 0 Å². The molecule has 1 aromatic carbocycles. The summed E-state index contributed by atoms with van der Waals surface area (Å²) in [4.78, 5) is 28.4. The van der Waals surface area contributed by atoms with Gasteiger partial charge in [0, 0.05) is 54.9 Å². The van der Waals surface area contributed by atoms with Gasteiger partial charge in [0.1, 0.15) is 12.8 Å². The highest BCUT2D eigenvalue weighted by atomic mass is 35.5. The molecule has 2 aromatic rings. The number of rotatable bonds is 11. The lowest BCUT2D eigenvalue weighted by molar-refractivity contribution is -0.124. The average molecular weight is 475 g/mol. The van der Waals surface area contributed by atoms with Crippen molar-refractivity contribution in [2.75, 3.05) is 19.8 Å². The summed E-state index contributed by atoms with van der Waals surface area (Å²) in [5.74, 6) is 0.405. The lowest BCUT2D eigenvalue weighted by Gasteiger charge is -2.32. The number of hydrogen-bond acceptors (Lipinski definition) is 6. The van der Waals surface area contributed by atoms with Gasteiger partial charge < -0.3 is 20.1 Å². The van der Waals surface area contributed by atoms with Gasteiger partial charge in [-0.2, -0.15) is 0 Å². The van der Waals surface area contributed by atoms with Crippen LogP contribution in [0.1, 0.15) is 62.0 Å². The van der Waals surface area contributed by atoms with E-state index in [1.807, 2.05) is 18.2 Å². The van der Waals surface area contributed by atoms with Gasteiger partial charge in [-0.25, -0.2) is 4.98 Å². The summed E-state index contributed by atoms with van der Waals surface area (Å²) in [5.41, 5.74) is 2.53. The number of benzene rings is 1. The molecule has 0 aliphatic carbocycles. The van der Waals surface area contributed by atoms with Crippen LogP contribution in [-0.2, 0) is 20.9 Å². The Morgan fingerprint density at radius 2 is 2.06 bits per heavy atom. The number of nitrogens with one attached hydrogen (secondary N) is 3. The predicted octanol–water partition coefficient (Wildman–Crippen LogP) is 3.42. The van der Waals surface area contributed by atoms with E-state index < -0.39 is 6.17 Å². The van der Waals surface area contributed by atoms with Crippen molar-refractivity contribution in [1.82, 2.24) is 20.9 Å². The smallest absolute Gasteiger partial charge is 0.223 e. The van der Waals surface area contributed by atoms with Gasteiger partial charge in [-0.1, -0.05) is 37.6 Å². The molecule has 0 saturated carbocycles. The van der Waals surface area contributed by atoms with E-state index in [-0.39, 0.29) is 24.3 Å². The van der Waals surface area contributed by atoms with Gasteiger partial charge in [0.2, 0.25) is 17.7 Å². The van der Waals surface area contributed by atoms with Crippen LogP contribution in [0.4, 0.5) is 0 Å². The number of halogens is 1. The molecule has 2 atom stereocenters. The molecule has 0 spiro atoms. The Morgan fingerprint density at radius 3 is 2.79 bits per heavy atom. The van der Waals surface area contributed by atoms with E-state index in [1.54, 1.807) is 25.3 Å². The highest BCUT2D eigenvalue weighted by molar-refractivity contribution is 6.31. The minimum Gasteiger partial charge on any atom is -0.475 e. The quantitative estimate of drug-likeness (QED) is 0.431. The van der Waals surface area contributed by atoms with Crippen LogP contribution >= 0.6 is 11.6 Å². The second kappa shape index (κ2) is 12.5. The van der Waals surface area contributed by atoms with Gasteiger partial charge in [0.25, 0.3) is 0 Å². The molecule has 33 heavy (non-hydrogen) atoms. The van der Waals surface area contributed by atoms with E-state index in [2.05, 4.69) is 27.9 Å². The number of carbonyl (C=O) groups excluding carboxylic acids is 2. The molecule has 8 nitrogen and oxygen atoms in total. The molecule has 0 bridgehead atoms. The van der Waals surface area contributed by atoms with Crippen LogP contribution in [0.15, 0.2) is 36.5 Å². The highest BCUT2D eigenvalue weighted by Crippen LogP contribution is 2.30. The summed E-state index contributed by atoms with van der Waals surface area (Å²) in [6, 6.07) is 9.01. The first-order valence-corrected chi connectivity index (χ1v) is 11.6. The molecule has 2 amide bonds. The molecule has 0 radical (unpaired) electrons. The summed E-state index contributed by atoms with van der Waals surface area (Å²) >= 11 is 6.44. The molecule has 2 heterocycles. The summed E-state index contributed by atoms with van der Waals surface area (Å²) in [6.07, 6.45) is 2.94. The normalized spacial score (nSPS) is 18.0. The van der Waals surface area contributed by atoms with Gasteiger partial charge in [0.05, 0.1) is 6.61 Å². The molecule has 3 rings (SSSR count). The zero-order valence-corrected chi connectivity index (χ0v) is 19.8. The number of carbonyl (C=O) groups is 2. The molecular weight excluding hydrogens is 444 g/mol. The number of hydrogen-bond donors (Lipinski definition) is 3. The van der Waals surface area contributed by atoms with Crippen molar-refractivity contribution in [3.8, 4) is 5.88 Å². The number of aromatic nitrogens is 1. The zero-order valence-electron chi connectivity index (χ0n) is 19.0. The maximum absolute atomic E-state index is 12.5. The Labute approximate surface area is 199 Å². The van der Waals surface area contributed by atoms with Crippen molar-refractivity contribution >= 4 is 23.4 Å². The molecule has 178 valence electrons. The maximum Gasteiger partial charge on any atom is 0.223 e. The van der Waals surface area contributed by atoms with Gasteiger partial charge in [-0.05, 0) is 29.7 Å². The van der Waals surface area contributed by atoms with E-state index >= 15 is 0 Å². The Bertz CT molecular complexity index is 939. The van der Waals surface area contributed by atoms with Crippen LogP contribution in [0.2, 0.25) is 5.02 Å². The average Bonchev–Trinajstić information content (AvgIpc) is 2.83. The lowest BCUT2D eigenvalue weighted by Crippen LogP contribution is -2.46. The molecule has 3 N–H and O–H groups in total.